The van der Waals surface area contributed by atoms with Crippen LogP contribution in [0, 0.1) is 0 Å². The number of quaternary nitrogens is 1. The van der Waals surface area contributed by atoms with E-state index in [0.717, 1.165) is 11.3 Å². The molecule has 0 saturated carbocycles. The van der Waals surface area contributed by atoms with E-state index >= 15 is 0 Å². The molecule has 0 spiro atoms. The van der Waals surface area contributed by atoms with Crippen molar-refractivity contribution in [2.24, 2.45) is 0 Å². The number of hydrogen-bond acceptors (Lipinski definition) is 3. The van der Waals surface area contributed by atoms with Gasteiger partial charge in [0.1, 0.15) is 0 Å². The lowest BCUT2D eigenvalue weighted by atomic mass is 10.2. The summed E-state index contributed by atoms with van der Waals surface area (Å²) in [5.74, 6) is 0. The Balaban J connectivity index is 0.000000845. The number of aromatic nitrogens is 1. The first kappa shape index (κ1) is 10.1. The third-order valence-corrected chi connectivity index (χ3v) is 2.57. The van der Waals surface area contributed by atoms with Gasteiger partial charge in [0, 0.05) is 0 Å². The predicted octanol–water partition coefficient (Wildman–Crippen LogP) is 3.09. The molecular weight excluding hydrogens is 200 g/mol. The van der Waals surface area contributed by atoms with Gasteiger partial charge in [-0.25, -0.2) is 0 Å². The molecule has 68 valence electrons. The summed E-state index contributed by atoms with van der Waals surface area (Å²) in [6.07, 6.45) is 0. The maximum Gasteiger partial charge on any atom is 0.0600 e. The molecule has 0 radical (unpaired) electrons. The quantitative estimate of drug-likeness (QED) is 0.735. The third kappa shape index (κ3) is 2.24. The van der Waals surface area contributed by atoms with Gasteiger partial charge < -0.3 is 30.1 Å². The Hall–Kier alpha value is -0.970. The van der Waals surface area contributed by atoms with Crippen LogP contribution in [-0.4, -0.2) is 4.98 Å². The zero-order chi connectivity index (χ0) is 8.39. The van der Waals surface area contributed by atoms with Gasteiger partial charge in [0.2, 0.25) is 0 Å². The Bertz CT molecular complexity index is 370. The second-order valence-electron chi connectivity index (χ2n) is 2.36. The van der Waals surface area contributed by atoms with Gasteiger partial charge >= 0.3 is 0 Å². The van der Waals surface area contributed by atoms with E-state index in [1.54, 1.807) is 0 Å². The van der Waals surface area contributed by atoms with Crippen LogP contribution in [0.25, 0.3) is 11.3 Å². The molecule has 2 nitrogen and oxygen atoms in total. The van der Waals surface area contributed by atoms with Crippen LogP contribution in [0.4, 0.5) is 0 Å². The van der Waals surface area contributed by atoms with Crippen molar-refractivity contribution in [1.29, 1.82) is 0 Å². The van der Waals surface area contributed by atoms with Gasteiger partial charge in [0.05, 0.1) is 5.69 Å². The van der Waals surface area contributed by atoms with Crippen molar-refractivity contribution < 1.29 is 0 Å². The van der Waals surface area contributed by atoms with Gasteiger partial charge in [-0.15, -0.1) is 0 Å². The van der Waals surface area contributed by atoms with Crippen molar-refractivity contribution in [3.63, 3.8) is 0 Å². The monoisotopic (exact) mass is 210 g/mol. The largest absolute Gasteiger partial charge is 0.408 e. The van der Waals surface area contributed by atoms with E-state index in [9.17, 15) is 0 Å². The van der Waals surface area contributed by atoms with Crippen LogP contribution in [-0.2, 0) is 12.6 Å². The highest BCUT2D eigenvalue weighted by Crippen LogP contribution is 2.20. The van der Waals surface area contributed by atoms with E-state index in [4.69, 9.17) is 12.6 Å². The van der Waals surface area contributed by atoms with E-state index in [2.05, 4.69) is 4.98 Å². The molecule has 0 bridgehead atoms. The summed E-state index contributed by atoms with van der Waals surface area (Å²) in [7, 11) is 0. The minimum Gasteiger partial charge on any atom is -0.408 e. The summed E-state index contributed by atoms with van der Waals surface area (Å²) in [6.45, 7) is 0. The van der Waals surface area contributed by atoms with Crippen molar-refractivity contribution in [3.8, 4) is 11.3 Å². The first-order valence-electron chi connectivity index (χ1n) is 3.54. The standard InChI is InChI=1S/C9H7NS2.H3N/c11-9-10-8(6-12-9)7-4-2-1-3-5-7;/h1-6H,(H,10,11);1H3. The van der Waals surface area contributed by atoms with E-state index in [-0.39, 0.29) is 6.15 Å². The fourth-order valence-corrected chi connectivity index (χ4v) is 1.79. The molecule has 0 amide bonds. The normalized spacial score (nSPS) is 9.23. The molecule has 4 N–H and O–H groups in total. The highest BCUT2D eigenvalue weighted by Gasteiger charge is 1.94. The fourth-order valence-electron chi connectivity index (χ4n) is 0.999. The number of nitrogens with zero attached hydrogens (tertiary/aromatic N) is 1. The lowest BCUT2D eigenvalue weighted by molar-refractivity contribution is 1.26. The van der Waals surface area contributed by atoms with Crippen LogP contribution in [0.5, 0.6) is 0 Å². The molecule has 13 heavy (non-hydrogen) atoms. The van der Waals surface area contributed by atoms with Gasteiger partial charge in [-0.2, -0.15) is 0 Å². The van der Waals surface area contributed by atoms with Crippen molar-refractivity contribution >= 4 is 24.0 Å². The Labute approximate surface area is 86.6 Å². The van der Waals surface area contributed by atoms with Crippen molar-refractivity contribution in [2.45, 2.75) is 4.34 Å². The number of hydrogen-bond donors (Lipinski definition) is 1. The van der Waals surface area contributed by atoms with Crippen molar-refractivity contribution in [2.75, 3.05) is 0 Å². The highest BCUT2D eigenvalue weighted by atomic mass is 32.2. The number of thiazole rings is 1. The Morgan fingerprint density at radius 3 is 2.38 bits per heavy atom. The lowest BCUT2D eigenvalue weighted by Crippen LogP contribution is -1.75. The molecule has 2 rings (SSSR count). The maximum absolute atomic E-state index is 4.94. The Morgan fingerprint density at radius 2 is 1.85 bits per heavy atom. The Morgan fingerprint density at radius 1 is 1.15 bits per heavy atom. The molecule has 1 aromatic heterocycles. The van der Waals surface area contributed by atoms with Crippen LogP contribution in [0.3, 0.4) is 0 Å². The third-order valence-electron chi connectivity index (χ3n) is 1.55. The average Bonchev–Trinajstić information content (AvgIpc) is 2.54. The summed E-state index contributed by atoms with van der Waals surface area (Å²) in [5.41, 5.74) is 2.11. The summed E-state index contributed by atoms with van der Waals surface area (Å²) in [6, 6.07) is 10.0. The molecule has 0 unspecified atom stereocenters. The van der Waals surface area contributed by atoms with Crippen LogP contribution in [0.15, 0.2) is 40.1 Å². The smallest absolute Gasteiger partial charge is 0.0600 e. The van der Waals surface area contributed by atoms with Crippen LogP contribution < -0.4 is 6.15 Å². The van der Waals surface area contributed by atoms with E-state index in [0.29, 0.717) is 4.34 Å². The van der Waals surface area contributed by atoms with Crippen molar-refractivity contribution in [3.05, 3.63) is 35.7 Å². The number of benzene rings is 1. The van der Waals surface area contributed by atoms with Gasteiger partial charge in [-0.05, 0) is 9.90 Å². The molecule has 0 aliphatic heterocycles. The second kappa shape index (κ2) is 4.32. The molecule has 1 aromatic carbocycles. The minimum atomic E-state index is 0. The van der Waals surface area contributed by atoms with Gasteiger partial charge in [0.15, 0.2) is 0 Å². The lowest BCUT2D eigenvalue weighted by Gasteiger charge is -1.94. The fraction of sp³-hybridized carbons (Fsp3) is 0. The summed E-state index contributed by atoms with van der Waals surface area (Å²) < 4.78 is 0.703. The molecule has 0 aliphatic rings. The molecule has 4 heteroatoms. The second-order valence-corrected chi connectivity index (χ2v) is 3.87. The summed E-state index contributed by atoms with van der Waals surface area (Å²) in [5, 5.41) is 1.98. The first-order chi connectivity index (χ1) is 5.86. The topological polar surface area (TPSA) is 49.4 Å². The molecule has 0 fully saturated rings. The summed E-state index contributed by atoms with van der Waals surface area (Å²) >= 11 is 6.44. The highest BCUT2D eigenvalue weighted by molar-refractivity contribution is 7.62. The van der Waals surface area contributed by atoms with E-state index in [1.807, 2.05) is 35.7 Å². The van der Waals surface area contributed by atoms with Gasteiger partial charge in [-0.1, -0.05) is 35.7 Å². The Kier molecular flexibility index (Phi) is 3.36. The van der Waals surface area contributed by atoms with Crippen LogP contribution >= 0.6 is 11.3 Å². The first-order valence-corrected chi connectivity index (χ1v) is 4.83. The molecule has 1 heterocycles. The van der Waals surface area contributed by atoms with Crippen LogP contribution in [0.1, 0.15) is 0 Å². The molecule has 0 atom stereocenters. The van der Waals surface area contributed by atoms with Crippen molar-refractivity contribution in [1.82, 2.24) is 11.1 Å². The SMILES string of the molecule is [NH4+].[S-]c1nc(-c2ccccc2)cs1. The minimum absolute atomic E-state index is 0. The predicted molar refractivity (Wildman–Crippen MR) is 59.2 cm³/mol. The average molecular weight is 210 g/mol. The molecular formula is C9H10N2S2. The molecule has 0 aliphatic carbocycles. The summed E-state index contributed by atoms with van der Waals surface area (Å²) in [4.78, 5) is 4.21. The van der Waals surface area contributed by atoms with E-state index < -0.39 is 0 Å². The van der Waals surface area contributed by atoms with Gasteiger partial charge in [-0.3, -0.25) is 4.98 Å². The molecule has 2 aromatic rings. The van der Waals surface area contributed by atoms with E-state index in [1.165, 1.54) is 11.3 Å². The zero-order valence-electron chi connectivity index (χ0n) is 7.23. The van der Waals surface area contributed by atoms with Gasteiger partial charge in [0.25, 0.3) is 0 Å². The number of rotatable bonds is 1. The molecule has 0 saturated heterocycles. The maximum atomic E-state index is 4.94. The zero-order valence-corrected chi connectivity index (χ0v) is 8.86. The van der Waals surface area contributed by atoms with Crippen LogP contribution in [0.2, 0.25) is 0 Å².